The highest BCUT2D eigenvalue weighted by Crippen LogP contribution is 2.25. The van der Waals surface area contributed by atoms with E-state index >= 15 is 0 Å². The number of esters is 1. The topological polar surface area (TPSA) is 91.4 Å². The molecule has 2 aromatic heterocycles. The molecule has 31 heavy (non-hydrogen) atoms. The molecule has 0 saturated carbocycles. The average Bonchev–Trinajstić information content (AvgIpc) is 2.75. The van der Waals surface area contributed by atoms with Crippen molar-refractivity contribution in [1.29, 1.82) is 0 Å². The highest BCUT2D eigenvalue weighted by atomic mass is 35.5. The van der Waals surface area contributed by atoms with Crippen molar-refractivity contribution in [2.75, 3.05) is 0 Å². The van der Waals surface area contributed by atoms with Gasteiger partial charge < -0.3 is 9.15 Å². The van der Waals surface area contributed by atoms with Gasteiger partial charge in [-0.1, -0.05) is 23.7 Å². The number of aryl methyl sites for hydroxylation is 2. The fraction of sp³-hybridized carbons (Fsp3) is 0.217. The molecule has 0 saturated heterocycles. The molecule has 0 bridgehead atoms. The van der Waals surface area contributed by atoms with Crippen LogP contribution in [-0.2, 0) is 29.6 Å². The minimum absolute atomic E-state index is 0.0395. The molecule has 0 aliphatic carbocycles. The number of carbonyl (C=O) groups excluding carboxylic acids is 1. The van der Waals surface area contributed by atoms with Gasteiger partial charge in [0.15, 0.2) is 0 Å². The Kier molecular flexibility index (Phi) is 5.61. The van der Waals surface area contributed by atoms with Gasteiger partial charge >= 0.3 is 11.6 Å². The van der Waals surface area contributed by atoms with Gasteiger partial charge in [0.2, 0.25) is 0 Å². The fourth-order valence-corrected chi connectivity index (χ4v) is 3.56. The Morgan fingerprint density at radius 2 is 1.94 bits per heavy atom. The van der Waals surface area contributed by atoms with Crippen molar-refractivity contribution in [1.82, 2.24) is 9.55 Å². The number of para-hydroxylation sites is 1. The van der Waals surface area contributed by atoms with Crippen molar-refractivity contribution >= 4 is 39.4 Å². The van der Waals surface area contributed by atoms with Gasteiger partial charge in [-0.25, -0.2) is 9.78 Å². The summed E-state index contributed by atoms with van der Waals surface area (Å²) in [4.78, 5) is 41.1. The van der Waals surface area contributed by atoms with E-state index in [-0.39, 0.29) is 25.0 Å². The SMILES string of the molecule is Cc1cc2oc(=O)cc(COC(=O)CCc3nc4ccccc4c(=O)n3C)c2cc1Cl. The summed E-state index contributed by atoms with van der Waals surface area (Å²) in [6.45, 7) is 1.72. The fourth-order valence-electron chi connectivity index (χ4n) is 3.40. The standard InChI is InChI=1S/C23H19ClN2O5/c1-13-9-19-16(11-17(13)24)14(10-22(28)31-19)12-30-21(27)8-7-20-25-18-6-4-3-5-15(18)23(29)26(20)2/h3-6,9-11H,7-8,12H2,1-2H3. The molecule has 0 fully saturated rings. The molecule has 0 N–H and O–H groups in total. The van der Waals surface area contributed by atoms with Crippen LogP contribution >= 0.6 is 11.6 Å². The van der Waals surface area contributed by atoms with Crippen LogP contribution in [-0.4, -0.2) is 15.5 Å². The summed E-state index contributed by atoms with van der Waals surface area (Å²) in [5, 5.41) is 1.67. The molecule has 0 unspecified atom stereocenters. The molecular weight excluding hydrogens is 420 g/mol. The van der Waals surface area contributed by atoms with Gasteiger partial charge in [0.1, 0.15) is 18.0 Å². The molecule has 0 aliphatic heterocycles. The quantitative estimate of drug-likeness (QED) is 0.348. The van der Waals surface area contributed by atoms with Crippen LogP contribution in [0.15, 0.2) is 56.5 Å². The van der Waals surface area contributed by atoms with Crippen molar-refractivity contribution in [2.45, 2.75) is 26.4 Å². The summed E-state index contributed by atoms with van der Waals surface area (Å²) in [5.41, 5.74) is 1.57. The number of rotatable bonds is 5. The molecular formula is C23H19ClN2O5. The van der Waals surface area contributed by atoms with Gasteiger partial charge in [-0.3, -0.25) is 14.2 Å². The number of halogens is 1. The molecule has 0 radical (unpaired) electrons. The van der Waals surface area contributed by atoms with Crippen molar-refractivity contribution in [3.63, 3.8) is 0 Å². The van der Waals surface area contributed by atoms with Gasteiger partial charge in [0.25, 0.3) is 5.56 Å². The van der Waals surface area contributed by atoms with Crippen LogP contribution in [0.3, 0.4) is 0 Å². The molecule has 2 heterocycles. The Labute approximate surface area is 181 Å². The highest BCUT2D eigenvalue weighted by molar-refractivity contribution is 6.32. The number of carbonyl (C=O) groups is 1. The largest absolute Gasteiger partial charge is 0.461 e. The van der Waals surface area contributed by atoms with E-state index in [4.69, 9.17) is 20.8 Å². The van der Waals surface area contributed by atoms with Crippen molar-refractivity contribution in [2.24, 2.45) is 7.05 Å². The number of fused-ring (bicyclic) bond motifs is 2. The number of nitrogens with zero attached hydrogens (tertiary/aromatic N) is 2. The summed E-state index contributed by atoms with van der Waals surface area (Å²) in [7, 11) is 1.63. The first kappa shape index (κ1) is 20.8. The number of hydrogen-bond donors (Lipinski definition) is 0. The maximum Gasteiger partial charge on any atom is 0.336 e. The predicted octanol–water partition coefficient (Wildman–Crippen LogP) is 3.68. The van der Waals surface area contributed by atoms with E-state index in [1.165, 1.54) is 10.6 Å². The van der Waals surface area contributed by atoms with Crippen LogP contribution in [0.5, 0.6) is 0 Å². The summed E-state index contributed by atoms with van der Waals surface area (Å²) < 4.78 is 12.0. The summed E-state index contributed by atoms with van der Waals surface area (Å²) in [5.74, 6) is 0.0238. The molecule has 2 aromatic carbocycles. The van der Waals surface area contributed by atoms with Crippen LogP contribution in [0.1, 0.15) is 23.4 Å². The van der Waals surface area contributed by atoms with Crippen molar-refractivity contribution in [3.8, 4) is 0 Å². The van der Waals surface area contributed by atoms with Gasteiger partial charge in [0.05, 0.1) is 17.3 Å². The summed E-state index contributed by atoms with van der Waals surface area (Å²) >= 11 is 6.19. The van der Waals surface area contributed by atoms with Crippen molar-refractivity contribution in [3.05, 3.63) is 85.2 Å². The number of benzene rings is 2. The van der Waals surface area contributed by atoms with E-state index in [1.807, 2.05) is 6.92 Å². The Balaban J connectivity index is 1.49. The number of ether oxygens (including phenoxy) is 1. The lowest BCUT2D eigenvalue weighted by molar-refractivity contribution is -0.144. The minimum atomic E-state index is -0.532. The van der Waals surface area contributed by atoms with Gasteiger partial charge in [-0.15, -0.1) is 0 Å². The first-order valence-electron chi connectivity index (χ1n) is 9.66. The van der Waals surface area contributed by atoms with E-state index in [0.29, 0.717) is 38.3 Å². The third-order valence-electron chi connectivity index (χ3n) is 5.13. The van der Waals surface area contributed by atoms with E-state index in [9.17, 15) is 14.4 Å². The van der Waals surface area contributed by atoms with E-state index in [2.05, 4.69) is 4.98 Å². The van der Waals surface area contributed by atoms with Crippen molar-refractivity contribution < 1.29 is 13.9 Å². The van der Waals surface area contributed by atoms with E-state index < -0.39 is 11.6 Å². The smallest absolute Gasteiger partial charge is 0.336 e. The Hall–Kier alpha value is -3.45. The van der Waals surface area contributed by atoms with Crippen LogP contribution in [0.4, 0.5) is 0 Å². The lowest BCUT2D eigenvalue weighted by Gasteiger charge is -2.10. The third kappa shape index (κ3) is 4.22. The zero-order valence-corrected chi connectivity index (χ0v) is 17.7. The maximum atomic E-state index is 12.5. The molecule has 4 rings (SSSR count). The molecule has 0 amide bonds. The Bertz CT molecular complexity index is 1440. The van der Waals surface area contributed by atoms with Crippen LogP contribution in [0.25, 0.3) is 21.9 Å². The lowest BCUT2D eigenvalue weighted by atomic mass is 10.1. The summed E-state index contributed by atoms with van der Waals surface area (Å²) in [6, 6.07) is 11.7. The van der Waals surface area contributed by atoms with Gasteiger partial charge in [-0.2, -0.15) is 0 Å². The third-order valence-corrected chi connectivity index (χ3v) is 5.53. The average molecular weight is 439 g/mol. The monoisotopic (exact) mass is 438 g/mol. The zero-order chi connectivity index (χ0) is 22.1. The van der Waals surface area contributed by atoms with Gasteiger partial charge in [-0.05, 0) is 36.8 Å². The molecule has 7 nitrogen and oxygen atoms in total. The highest BCUT2D eigenvalue weighted by Gasteiger charge is 2.13. The normalized spacial score (nSPS) is 11.2. The molecule has 8 heteroatoms. The first-order valence-corrected chi connectivity index (χ1v) is 10.0. The number of aromatic nitrogens is 2. The summed E-state index contributed by atoms with van der Waals surface area (Å²) in [6.07, 6.45) is 0.288. The maximum absolute atomic E-state index is 12.5. The molecule has 158 valence electrons. The molecule has 0 spiro atoms. The second kappa shape index (κ2) is 8.35. The van der Waals surface area contributed by atoms with Gasteiger partial charge in [0, 0.05) is 35.5 Å². The first-order chi connectivity index (χ1) is 14.8. The van der Waals surface area contributed by atoms with Crippen LogP contribution in [0.2, 0.25) is 5.02 Å². The van der Waals surface area contributed by atoms with Crippen LogP contribution in [0, 0.1) is 6.92 Å². The number of hydrogen-bond acceptors (Lipinski definition) is 6. The van der Waals surface area contributed by atoms with E-state index in [1.54, 1.807) is 43.4 Å². The van der Waals surface area contributed by atoms with Crippen LogP contribution < -0.4 is 11.2 Å². The minimum Gasteiger partial charge on any atom is -0.461 e. The predicted molar refractivity (Wildman–Crippen MR) is 117 cm³/mol. The van der Waals surface area contributed by atoms with E-state index in [0.717, 1.165) is 5.56 Å². The molecule has 0 aliphatic rings. The Morgan fingerprint density at radius 1 is 1.16 bits per heavy atom. The molecule has 0 atom stereocenters. The lowest BCUT2D eigenvalue weighted by Crippen LogP contribution is -2.23. The molecule has 4 aromatic rings. The second-order valence-electron chi connectivity index (χ2n) is 7.26. The second-order valence-corrected chi connectivity index (χ2v) is 7.67. The zero-order valence-electron chi connectivity index (χ0n) is 17.0. The Morgan fingerprint density at radius 3 is 2.74 bits per heavy atom.